The third kappa shape index (κ3) is 4.12. The summed E-state index contributed by atoms with van der Waals surface area (Å²) < 4.78 is 0. The van der Waals surface area contributed by atoms with E-state index in [0.29, 0.717) is 13.1 Å². The fourth-order valence-electron chi connectivity index (χ4n) is 3.55. The Bertz CT molecular complexity index is 1050. The van der Waals surface area contributed by atoms with Crippen molar-refractivity contribution in [3.8, 4) is 0 Å². The van der Waals surface area contributed by atoms with E-state index in [9.17, 15) is 4.79 Å². The predicted octanol–water partition coefficient (Wildman–Crippen LogP) is 5.72. The SMILES string of the molecule is O=C(c1cccc2ccccc12)N(CCc1ccccc1)Cc1ccccc1. The van der Waals surface area contributed by atoms with Crippen molar-refractivity contribution in [2.45, 2.75) is 13.0 Å². The van der Waals surface area contributed by atoms with E-state index in [0.717, 1.165) is 28.3 Å². The van der Waals surface area contributed by atoms with Crippen LogP contribution in [0, 0.1) is 0 Å². The van der Waals surface area contributed by atoms with Crippen molar-refractivity contribution in [2.75, 3.05) is 6.54 Å². The van der Waals surface area contributed by atoms with Crippen LogP contribution in [0.2, 0.25) is 0 Å². The third-order valence-electron chi connectivity index (χ3n) is 5.04. The van der Waals surface area contributed by atoms with Crippen molar-refractivity contribution in [1.29, 1.82) is 0 Å². The van der Waals surface area contributed by atoms with Crippen molar-refractivity contribution in [3.05, 3.63) is 120 Å². The third-order valence-corrected chi connectivity index (χ3v) is 5.04. The van der Waals surface area contributed by atoms with Crippen molar-refractivity contribution in [3.63, 3.8) is 0 Å². The van der Waals surface area contributed by atoms with Gasteiger partial charge >= 0.3 is 0 Å². The van der Waals surface area contributed by atoms with Crippen molar-refractivity contribution >= 4 is 16.7 Å². The molecular formula is C26H23NO. The first kappa shape index (κ1) is 18.0. The number of carbonyl (C=O) groups excluding carboxylic acids is 1. The highest BCUT2D eigenvalue weighted by atomic mass is 16.2. The Labute approximate surface area is 166 Å². The van der Waals surface area contributed by atoms with Crippen LogP contribution in [0.5, 0.6) is 0 Å². The minimum atomic E-state index is 0.0802. The van der Waals surface area contributed by atoms with E-state index >= 15 is 0 Å². The molecule has 0 fully saturated rings. The lowest BCUT2D eigenvalue weighted by Crippen LogP contribution is -2.32. The zero-order valence-electron chi connectivity index (χ0n) is 15.8. The minimum absolute atomic E-state index is 0.0802. The molecule has 0 unspecified atom stereocenters. The molecule has 0 heterocycles. The van der Waals surface area contributed by atoms with Crippen LogP contribution in [0.15, 0.2) is 103 Å². The summed E-state index contributed by atoms with van der Waals surface area (Å²) in [6, 6.07) is 34.6. The number of carbonyl (C=O) groups is 1. The van der Waals surface area contributed by atoms with E-state index in [1.807, 2.05) is 71.6 Å². The molecule has 4 rings (SSSR count). The maximum atomic E-state index is 13.5. The van der Waals surface area contributed by atoms with Gasteiger partial charge in [0.05, 0.1) is 0 Å². The predicted molar refractivity (Wildman–Crippen MR) is 115 cm³/mol. The number of benzene rings is 4. The second-order valence-electron chi connectivity index (χ2n) is 6.97. The van der Waals surface area contributed by atoms with Gasteiger partial charge < -0.3 is 4.90 Å². The lowest BCUT2D eigenvalue weighted by atomic mass is 10.0. The lowest BCUT2D eigenvalue weighted by molar-refractivity contribution is 0.0747. The highest BCUT2D eigenvalue weighted by Crippen LogP contribution is 2.21. The molecule has 28 heavy (non-hydrogen) atoms. The van der Waals surface area contributed by atoms with E-state index in [1.165, 1.54) is 5.56 Å². The molecule has 0 aliphatic carbocycles. The zero-order valence-corrected chi connectivity index (χ0v) is 15.8. The molecule has 2 nitrogen and oxygen atoms in total. The molecule has 1 amide bonds. The molecule has 4 aromatic carbocycles. The van der Waals surface area contributed by atoms with Gasteiger partial charge in [-0.3, -0.25) is 4.79 Å². The van der Waals surface area contributed by atoms with Gasteiger partial charge in [-0.05, 0) is 34.4 Å². The van der Waals surface area contributed by atoms with E-state index in [-0.39, 0.29) is 5.91 Å². The first-order valence-corrected chi connectivity index (χ1v) is 9.66. The van der Waals surface area contributed by atoms with Gasteiger partial charge in [0.2, 0.25) is 0 Å². The molecule has 0 radical (unpaired) electrons. The van der Waals surface area contributed by atoms with Crippen LogP contribution in [0.4, 0.5) is 0 Å². The Balaban J connectivity index is 1.64. The fraction of sp³-hybridized carbons (Fsp3) is 0.115. The first-order valence-electron chi connectivity index (χ1n) is 9.66. The summed E-state index contributed by atoms with van der Waals surface area (Å²) in [5.74, 6) is 0.0802. The highest BCUT2D eigenvalue weighted by Gasteiger charge is 2.18. The standard InChI is InChI=1S/C26H23NO/c28-26(25-17-9-15-23-14-7-8-16-24(23)25)27(20-22-12-5-2-6-13-22)19-18-21-10-3-1-4-11-21/h1-17H,18-20H2. The Hall–Kier alpha value is -3.39. The average Bonchev–Trinajstić information content (AvgIpc) is 2.77. The van der Waals surface area contributed by atoms with Crippen molar-refractivity contribution in [2.24, 2.45) is 0 Å². The molecule has 0 saturated carbocycles. The minimum Gasteiger partial charge on any atom is -0.334 e. The van der Waals surface area contributed by atoms with Crippen LogP contribution in [-0.2, 0) is 13.0 Å². The summed E-state index contributed by atoms with van der Waals surface area (Å²) in [7, 11) is 0. The highest BCUT2D eigenvalue weighted by molar-refractivity contribution is 6.07. The Morgan fingerprint density at radius 3 is 2.00 bits per heavy atom. The number of nitrogens with zero attached hydrogens (tertiary/aromatic N) is 1. The lowest BCUT2D eigenvalue weighted by Gasteiger charge is -2.24. The number of hydrogen-bond acceptors (Lipinski definition) is 1. The molecule has 4 aromatic rings. The van der Waals surface area contributed by atoms with Gasteiger partial charge in [-0.15, -0.1) is 0 Å². The first-order chi connectivity index (χ1) is 13.8. The second-order valence-corrected chi connectivity index (χ2v) is 6.97. The van der Waals surface area contributed by atoms with Gasteiger partial charge in [0.1, 0.15) is 0 Å². The number of fused-ring (bicyclic) bond motifs is 1. The molecule has 0 saturated heterocycles. The number of hydrogen-bond donors (Lipinski definition) is 0. The topological polar surface area (TPSA) is 20.3 Å². The summed E-state index contributed by atoms with van der Waals surface area (Å²) in [5, 5.41) is 2.10. The summed E-state index contributed by atoms with van der Waals surface area (Å²) in [4.78, 5) is 15.5. The zero-order chi connectivity index (χ0) is 19.2. The quantitative estimate of drug-likeness (QED) is 0.428. The number of amides is 1. The monoisotopic (exact) mass is 365 g/mol. The molecule has 0 bridgehead atoms. The summed E-state index contributed by atoms with van der Waals surface area (Å²) in [6.45, 7) is 1.29. The number of rotatable bonds is 6. The van der Waals surface area contributed by atoms with Gasteiger partial charge in [0, 0.05) is 18.7 Å². The normalized spacial score (nSPS) is 10.7. The molecule has 0 spiro atoms. The van der Waals surface area contributed by atoms with E-state index in [1.54, 1.807) is 0 Å². The molecular weight excluding hydrogens is 342 g/mol. The molecule has 0 N–H and O–H groups in total. The van der Waals surface area contributed by atoms with Gasteiger partial charge in [0.25, 0.3) is 5.91 Å². The van der Waals surface area contributed by atoms with Gasteiger partial charge in [0.15, 0.2) is 0 Å². The summed E-state index contributed by atoms with van der Waals surface area (Å²) >= 11 is 0. The van der Waals surface area contributed by atoms with Gasteiger partial charge in [-0.25, -0.2) is 0 Å². The van der Waals surface area contributed by atoms with E-state index in [4.69, 9.17) is 0 Å². The Morgan fingerprint density at radius 1 is 0.643 bits per heavy atom. The molecule has 0 aliphatic heterocycles. The maximum absolute atomic E-state index is 13.5. The van der Waals surface area contributed by atoms with Crippen LogP contribution < -0.4 is 0 Å². The molecule has 138 valence electrons. The van der Waals surface area contributed by atoms with Gasteiger partial charge in [-0.1, -0.05) is 97.1 Å². The van der Waals surface area contributed by atoms with Crippen LogP contribution in [0.3, 0.4) is 0 Å². The summed E-state index contributed by atoms with van der Waals surface area (Å²) in [5.41, 5.74) is 3.15. The van der Waals surface area contributed by atoms with Crippen LogP contribution >= 0.6 is 0 Å². The summed E-state index contributed by atoms with van der Waals surface area (Å²) in [6.07, 6.45) is 0.837. The molecule has 2 heteroatoms. The van der Waals surface area contributed by atoms with Crippen LogP contribution in [0.25, 0.3) is 10.8 Å². The Kier molecular flexibility index (Phi) is 5.48. The van der Waals surface area contributed by atoms with E-state index < -0.39 is 0 Å². The largest absolute Gasteiger partial charge is 0.334 e. The average molecular weight is 365 g/mol. The molecule has 0 aromatic heterocycles. The fourth-order valence-corrected chi connectivity index (χ4v) is 3.55. The van der Waals surface area contributed by atoms with Crippen molar-refractivity contribution < 1.29 is 4.79 Å². The van der Waals surface area contributed by atoms with Crippen LogP contribution in [0.1, 0.15) is 21.5 Å². The van der Waals surface area contributed by atoms with Crippen LogP contribution in [-0.4, -0.2) is 17.4 Å². The molecule has 0 atom stereocenters. The van der Waals surface area contributed by atoms with Gasteiger partial charge in [-0.2, -0.15) is 0 Å². The smallest absolute Gasteiger partial charge is 0.254 e. The maximum Gasteiger partial charge on any atom is 0.254 e. The molecule has 0 aliphatic rings. The Morgan fingerprint density at radius 2 is 1.25 bits per heavy atom. The second kappa shape index (κ2) is 8.53. The van der Waals surface area contributed by atoms with Crippen molar-refractivity contribution in [1.82, 2.24) is 4.90 Å². The van der Waals surface area contributed by atoms with E-state index in [2.05, 4.69) is 36.4 Å².